The molecule has 2 aromatic rings. The maximum absolute atomic E-state index is 12.3. The summed E-state index contributed by atoms with van der Waals surface area (Å²) in [6.45, 7) is -1.06. The number of hydrogen-bond acceptors (Lipinski definition) is 8. The van der Waals surface area contributed by atoms with Crippen LogP contribution in [-0.2, 0) is 29.2 Å². The third kappa shape index (κ3) is 4.94. The Morgan fingerprint density at radius 1 is 1.17 bits per heavy atom. The number of thiazole rings is 1. The number of piperazine rings is 1. The minimum absolute atomic E-state index is 0.0268. The largest absolute Gasteiger partial charge is 0.327 e. The van der Waals surface area contributed by atoms with Gasteiger partial charge in [-0.05, 0) is 24.3 Å². The van der Waals surface area contributed by atoms with E-state index in [0.717, 1.165) is 21.1 Å². The zero-order valence-electron chi connectivity index (χ0n) is 14.8. The van der Waals surface area contributed by atoms with Crippen molar-refractivity contribution < 1.29 is 27.6 Å². The molecule has 0 saturated carbocycles. The van der Waals surface area contributed by atoms with Gasteiger partial charge >= 0.3 is 0 Å². The summed E-state index contributed by atoms with van der Waals surface area (Å²) in [4.78, 5) is 52.2. The fourth-order valence-electron chi connectivity index (χ4n) is 2.47. The average molecular weight is 437 g/mol. The second-order valence-electron chi connectivity index (χ2n) is 5.90. The molecule has 2 N–H and O–H groups in total. The van der Waals surface area contributed by atoms with Crippen molar-refractivity contribution >= 4 is 56.3 Å². The van der Waals surface area contributed by atoms with Crippen LogP contribution in [0.15, 0.2) is 40.7 Å². The first-order chi connectivity index (χ1) is 13.8. The molecule has 0 atom stereocenters. The maximum atomic E-state index is 12.3. The third-order valence-electron chi connectivity index (χ3n) is 3.83. The molecule has 13 heteroatoms. The first-order valence-corrected chi connectivity index (χ1v) is 10.5. The van der Waals surface area contributed by atoms with E-state index >= 15 is 0 Å². The van der Waals surface area contributed by atoms with Crippen molar-refractivity contribution in [2.24, 2.45) is 0 Å². The van der Waals surface area contributed by atoms with E-state index in [-0.39, 0.29) is 28.8 Å². The van der Waals surface area contributed by atoms with Crippen molar-refractivity contribution in [3.8, 4) is 0 Å². The number of amides is 4. The molecule has 0 radical (unpaired) electrons. The lowest BCUT2D eigenvalue weighted by Gasteiger charge is -2.29. The van der Waals surface area contributed by atoms with Gasteiger partial charge in [0.1, 0.15) is 19.6 Å². The smallest absolute Gasteiger partial charge is 0.263 e. The SMILES string of the molecule is O=CN1CC(=O)N(CC(=O)Nc2ccc(S(=O)(=O)Nc3nccs3)cc2)C(=O)C1. The molecular formula is C16H15N5O6S2. The number of imide groups is 1. The molecule has 1 aromatic heterocycles. The van der Waals surface area contributed by atoms with Crippen LogP contribution in [0.1, 0.15) is 0 Å². The van der Waals surface area contributed by atoms with Crippen LogP contribution in [0.2, 0.25) is 0 Å². The predicted molar refractivity (Wildman–Crippen MR) is 102 cm³/mol. The molecule has 11 nitrogen and oxygen atoms in total. The summed E-state index contributed by atoms with van der Waals surface area (Å²) in [6.07, 6.45) is 1.86. The van der Waals surface area contributed by atoms with Crippen molar-refractivity contribution in [1.82, 2.24) is 14.8 Å². The quantitative estimate of drug-likeness (QED) is 0.447. The zero-order valence-corrected chi connectivity index (χ0v) is 16.4. The van der Waals surface area contributed by atoms with Crippen molar-refractivity contribution in [2.75, 3.05) is 29.7 Å². The van der Waals surface area contributed by atoms with Crippen LogP contribution in [0.4, 0.5) is 10.8 Å². The highest BCUT2D eigenvalue weighted by Gasteiger charge is 2.31. The highest BCUT2D eigenvalue weighted by Crippen LogP contribution is 2.19. The molecular weight excluding hydrogens is 422 g/mol. The van der Waals surface area contributed by atoms with Gasteiger partial charge in [-0.1, -0.05) is 0 Å². The van der Waals surface area contributed by atoms with Crippen LogP contribution >= 0.6 is 11.3 Å². The molecule has 4 amide bonds. The molecule has 0 spiro atoms. The van der Waals surface area contributed by atoms with Gasteiger partial charge in [0.05, 0.1) is 4.90 Å². The molecule has 1 fully saturated rings. The van der Waals surface area contributed by atoms with Gasteiger partial charge in [0.15, 0.2) is 5.13 Å². The van der Waals surface area contributed by atoms with Crippen LogP contribution in [0.25, 0.3) is 0 Å². The number of benzene rings is 1. The van der Waals surface area contributed by atoms with Gasteiger partial charge in [-0.25, -0.2) is 13.4 Å². The topological polar surface area (TPSA) is 146 Å². The minimum atomic E-state index is -3.82. The lowest BCUT2D eigenvalue weighted by atomic mass is 10.3. The Morgan fingerprint density at radius 3 is 2.38 bits per heavy atom. The minimum Gasteiger partial charge on any atom is -0.327 e. The van der Waals surface area contributed by atoms with Gasteiger partial charge in [-0.15, -0.1) is 11.3 Å². The van der Waals surface area contributed by atoms with E-state index in [2.05, 4.69) is 15.0 Å². The molecule has 3 rings (SSSR count). The number of nitrogens with zero attached hydrogens (tertiary/aromatic N) is 3. The second kappa shape index (κ2) is 8.36. The number of sulfonamides is 1. The van der Waals surface area contributed by atoms with E-state index in [1.807, 2.05) is 0 Å². The Morgan fingerprint density at radius 2 is 1.83 bits per heavy atom. The van der Waals surface area contributed by atoms with Crippen molar-refractivity contribution in [3.63, 3.8) is 0 Å². The fraction of sp³-hybridized carbons (Fsp3) is 0.188. The van der Waals surface area contributed by atoms with Gasteiger partial charge in [-0.2, -0.15) is 0 Å². The Hall–Kier alpha value is -3.32. The highest BCUT2D eigenvalue weighted by atomic mass is 32.2. The number of carbonyl (C=O) groups excluding carboxylic acids is 4. The molecule has 152 valence electrons. The molecule has 1 aliphatic heterocycles. The van der Waals surface area contributed by atoms with E-state index in [1.165, 1.54) is 30.5 Å². The lowest BCUT2D eigenvalue weighted by Crippen LogP contribution is -2.55. The molecule has 0 bridgehead atoms. The second-order valence-corrected chi connectivity index (χ2v) is 8.48. The maximum Gasteiger partial charge on any atom is 0.263 e. The van der Waals surface area contributed by atoms with Crippen molar-refractivity contribution in [1.29, 1.82) is 0 Å². The summed E-state index contributed by atoms with van der Waals surface area (Å²) >= 11 is 1.13. The summed E-state index contributed by atoms with van der Waals surface area (Å²) in [7, 11) is -3.82. The van der Waals surface area contributed by atoms with Gasteiger partial charge in [0, 0.05) is 17.3 Å². The molecule has 0 unspecified atom stereocenters. The Labute approximate surface area is 169 Å². The summed E-state index contributed by atoms with van der Waals surface area (Å²) in [5.41, 5.74) is 0.287. The molecule has 1 aliphatic rings. The third-order valence-corrected chi connectivity index (χ3v) is 6.00. The van der Waals surface area contributed by atoms with Crippen LogP contribution < -0.4 is 10.0 Å². The predicted octanol–water partition coefficient (Wildman–Crippen LogP) is -0.290. The van der Waals surface area contributed by atoms with Crippen molar-refractivity contribution in [2.45, 2.75) is 4.90 Å². The molecule has 2 heterocycles. The first kappa shape index (κ1) is 20.4. The van der Waals surface area contributed by atoms with Gasteiger partial charge in [-0.3, -0.25) is 28.8 Å². The average Bonchev–Trinajstić information content (AvgIpc) is 3.17. The van der Waals surface area contributed by atoms with Crippen LogP contribution in [-0.4, -0.2) is 67.0 Å². The molecule has 1 aromatic carbocycles. The van der Waals surface area contributed by atoms with Gasteiger partial charge in [0.25, 0.3) is 10.0 Å². The molecule has 0 aliphatic carbocycles. The summed E-state index contributed by atoms with van der Waals surface area (Å²) < 4.78 is 26.9. The fourth-order valence-corrected chi connectivity index (χ4v) is 4.26. The monoisotopic (exact) mass is 437 g/mol. The normalized spacial score (nSPS) is 14.6. The number of nitrogens with one attached hydrogen (secondary N) is 2. The van der Waals surface area contributed by atoms with Crippen molar-refractivity contribution in [3.05, 3.63) is 35.8 Å². The van der Waals surface area contributed by atoms with Gasteiger partial charge < -0.3 is 10.2 Å². The van der Waals surface area contributed by atoms with E-state index in [1.54, 1.807) is 5.38 Å². The van der Waals surface area contributed by atoms with Crippen LogP contribution in [0.5, 0.6) is 0 Å². The Kier molecular flexibility index (Phi) is 5.89. The summed E-state index contributed by atoms with van der Waals surface area (Å²) in [5.74, 6) is -1.95. The summed E-state index contributed by atoms with van der Waals surface area (Å²) in [6, 6.07) is 5.35. The Balaban J connectivity index is 1.61. The van der Waals surface area contributed by atoms with E-state index < -0.39 is 34.3 Å². The number of aromatic nitrogens is 1. The van der Waals surface area contributed by atoms with E-state index in [9.17, 15) is 27.6 Å². The van der Waals surface area contributed by atoms with E-state index in [0.29, 0.717) is 6.41 Å². The van der Waals surface area contributed by atoms with Crippen LogP contribution in [0.3, 0.4) is 0 Å². The number of hydrogen-bond donors (Lipinski definition) is 2. The van der Waals surface area contributed by atoms with E-state index in [4.69, 9.17) is 0 Å². The zero-order chi connectivity index (χ0) is 21.0. The number of anilines is 2. The number of carbonyl (C=O) groups is 4. The highest BCUT2D eigenvalue weighted by molar-refractivity contribution is 7.93. The Bertz CT molecular complexity index is 1020. The standard InChI is InChI=1S/C16H15N5O6S2/c22-10-20-8-14(24)21(15(25)9-20)7-13(23)18-11-1-3-12(4-2-11)29(26,27)19-16-17-5-6-28-16/h1-6,10H,7-9H2,(H,17,19)(H,18,23). The van der Waals surface area contributed by atoms with Gasteiger partial charge in [0.2, 0.25) is 24.1 Å². The summed E-state index contributed by atoms with van der Waals surface area (Å²) in [5, 5.41) is 4.34. The molecule has 1 saturated heterocycles. The number of rotatable bonds is 7. The van der Waals surface area contributed by atoms with Crippen LogP contribution in [0, 0.1) is 0 Å². The first-order valence-electron chi connectivity index (χ1n) is 8.13. The molecule has 29 heavy (non-hydrogen) atoms. The lowest BCUT2D eigenvalue weighted by molar-refractivity contribution is -0.155.